The number of benzene rings is 2. The van der Waals surface area contributed by atoms with Crippen molar-refractivity contribution in [2.75, 3.05) is 11.9 Å². The molecule has 3 rings (SSSR count). The third kappa shape index (κ3) is 5.14. The lowest BCUT2D eigenvalue weighted by atomic mass is 10.0. The molecule has 3 aromatic rings. The first kappa shape index (κ1) is 20.9. The predicted molar refractivity (Wildman–Crippen MR) is 113 cm³/mol. The van der Waals surface area contributed by atoms with Gasteiger partial charge in [-0.15, -0.1) is 0 Å². The van der Waals surface area contributed by atoms with E-state index in [9.17, 15) is 18.0 Å². The average Bonchev–Trinajstić information content (AvgIpc) is 2.63. The van der Waals surface area contributed by atoms with Gasteiger partial charge in [0, 0.05) is 23.3 Å². The van der Waals surface area contributed by atoms with Crippen LogP contribution in [0.1, 0.15) is 22.3 Å². The van der Waals surface area contributed by atoms with Gasteiger partial charge in [0.2, 0.25) is 0 Å². The third-order valence-electron chi connectivity index (χ3n) is 4.66. The Morgan fingerprint density at radius 1 is 1.10 bits per heavy atom. The minimum atomic E-state index is -4.42. The fourth-order valence-corrected chi connectivity index (χ4v) is 3.19. The standard InChI is InChI=1S/C21H20F3N3OS/c1-12-8-15-10-14(19(28)27-18(15)9-13(12)2)6-7-25-20(29)26-17-5-3-4-16(11-17)21(22,23)24/h3-5,8-11H,6-7H2,1-2H3,(H,27,28)(H2,25,26,29). The van der Waals surface area contributed by atoms with Crippen molar-refractivity contribution < 1.29 is 13.2 Å². The molecule has 1 aromatic heterocycles. The summed E-state index contributed by atoms with van der Waals surface area (Å²) < 4.78 is 38.3. The molecule has 0 spiro atoms. The highest BCUT2D eigenvalue weighted by atomic mass is 32.1. The van der Waals surface area contributed by atoms with Crippen LogP contribution in [0.3, 0.4) is 0 Å². The number of thiocarbonyl (C=S) groups is 1. The fraction of sp³-hybridized carbons (Fsp3) is 0.238. The van der Waals surface area contributed by atoms with Gasteiger partial charge in [0.1, 0.15) is 0 Å². The Balaban J connectivity index is 1.63. The lowest BCUT2D eigenvalue weighted by Gasteiger charge is -2.13. The van der Waals surface area contributed by atoms with Crippen molar-refractivity contribution in [3.63, 3.8) is 0 Å². The molecule has 8 heteroatoms. The SMILES string of the molecule is Cc1cc2cc(CCNC(=S)Nc3cccc(C(F)(F)F)c3)c(=O)[nH]c2cc1C. The average molecular weight is 419 g/mol. The molecule has 0 saturated heterocycles. The second kappa shape index (κ2) is 8.24. The Morgan fingerprint density at radius 2 is 1.83 bits per heavy atom. The minimum absolute atomic E-state index is 0.167. The Hall–Kier alpha value is -2.87. The number of rotatable bonds is 4. The van der Waals surface area contributed by atoms with Crippen LogP contribution in [0.15, 0.2) is 47.3 Å². The van der Waals surface area contributed by atoms with Crippen LogP contribution in [0.25, 0.3) is 10.9 Å². The molecular weight excluding hydrogens is 399 g/mol. The van der Waals surface area contributed by atoms with Gasteiger partial charge >= 0.3 is 6.18 Å². The van der Waals surface area contributed by atoms with E-state index in [1.54, 1.807) is 0 Å². The number of aromatic amines is 1. The Kier molecular flexibility index (Phi) is 5.93. The molecule has 1 heterocycles. The number of aryl methyl sites for hydroxylation is 2. The number of hydrogen-bond acceptors (Lipinski definition) is 2. The molecule has 0 unspecified atom stereocenters. The van der Waals surface area contributed by atoms with Crippen molar-refractivity contribution in [2.24, 2.45) is 0 Å². The summed E-state index contributed by atoms with van der Waals surface area (Å²) in [6.45, 7) is 4.37. The molecule has 0 atom stereocenters. The summed E-state index contributed by atoms with van der Waals surface area (Å²) in [5, 5.41) is 6.79. The van der Waals surface area contributed by atoms with Crippen molar-refractivity contribution in [1.82, 2.24) is 10.3 Å². The topological polar surface area (TPSA) is 56.9 Å². The zero-order valence-corrected chi connectivity index (χ0v) is 16.7. The van der Waals surface area contributed by atoms with E-state index in [1.165, 1.54) is 12.1 Å². The zero-order valence-electron chi connectivity index (χ0n) is 15.9. The normalized spacial score (nSPS) is 11.5. The van der Waals surface area contributed by atoms with E-state index in [2.05, 4.69) is 15.6 Å². The number of nitrogens with one attached hydrogen (secondary N) is 3. The summed E-state index contributed by atoms with van der Waals surface area (Å²) >= 11 is 5.14. The molecule has 29 heavy (non-hydrogen) atoms. The quantitative estimate of drug-likeness (QED) is 0.537. The molecule has 0 aliphatic carbocycles. The van der Waals surface area contributed by atoms with Crippen molar-refractivity contribution >= 4 is 33.9 Å². The van der Waals surface area contributed by atoms with Crippen molar-refractivity contribution in [2.45, 2.75) is 26.4 Å². The molecule has 0 amide bonds. The van der Waals surface area contributed by atoms with E-state index >= 15 is 0 Å². The molecule has 0 aliphatic heterocycles. The largest absolute Gasteiger partial charge is 0.416 e. The minimum Gasteiger partial charge on any atom is -0.362 e. The highest BCUT2D eigenvalue weighted by Crippen LogP contribution is 2.30. The summed E-state index contributed by atoms with van der Waals surface area (Å²) in [4.78, 5) is 15.2. The summed E-state index contributed by atoms with van der Waals surface area (Å²) in [5.41, 5.74) is 2.96. The molecule has 4 nitrogen and oxygen atoms in total. The molecule has 0 aliphatic rings. The summed E-state index contributed by atoms with van der Waals surface area (Å²) in [7, 11) is 0. The Bertz CT molecular complexity index is 1120. The predicted octanol–water partition coefficient (Wildman–Crippen LogP) is 4.69. The molecule has 0 radical (unpaired) electrons. The number of aromatic nitrogens is 1. The molecule has 152 valence electrons. The second-order valence-corrected chi connectivity index (χ2v) is 7.27. The van der Waals surface area contributed by atoms with Gasteiger partial charge in [0.25, 0.3) is 5.56 Å². The first-order chi connectivity index (χ1) is 13.6. The van der Waals surface area contributed by atoms with Crippen LogP contribution in [0.5, 0.6) is 0 Å². The number of anilines is 1. The van der Waals surface area contributed by atoms with E-state index in [0.29, 0.717) is 18.5 Å². The van der Waals surface area contributed by atoms with Gasteiger partial charge in [-0.25, -0.2) is 0 Å². The number of hydrogen-bond donors (Lipinski definition) is 3. The van der Waals surface area contributed by atoms with Crippen LogP contribution in [-0.2, 0) is 12.6 Å². The van der Waals surface area contributed by atoms with Gasteiger partial charge in [-0.1, -0.05) is 6.07 Å². The maximum atomic E-state index is 12.8. The van der Waals surface area contributed by atoms with Crippen molar-refractivity contribution in [3.05, 3.63) is 75.1 Å². The van der Waals surface area contributed by atoms with E-state index < -0.39 is 11.7 Å². The lowest BCUT2D eigenvalue weighted by Crippen LogP contribution is -2.31. The number of H-pyrrole nitrogens is 1. The molecular formula is C21H20F3N3OS. The van der Waals surface area contributed by atoms with Gasteiger partial charge in [0.05, 0.1) is 5.56 Å². The number of halogens is 3. The Morgan fingerprint density at radius 3 is 2.55 bits per heavy atom. The van der Waals surface area contributed by atoms with Crippen LogP contribution in [0.2, 0.25) is 0 Å². The molecule has 0 saturated carbocycles. The lowest BCUT2D eigenvalue weighted by molar-refractivity contribution is -0.137. The van der Waals surface area contributed by atoms with Crippen LogP contribution >= 0.6 is 12.2 Å². The summed E-state index contributed by atoms with van der Waals surface area (Å²) in [5.74, 6) is 0. The first-order valence-electron chi connectivity index (χ1n) is 8.99. The van der Waals surface area contributed by atoms with E-state index in [1.807, 2.05) is 32.0 Å². The fourth-order valence-electron chi connectivity index (χ4n) is 2.97. The molecule has 3 N–H and O–H groups in total. The molecule has 2 aromatic carbocycles. The van der Waals surface area contributed by atoms with Gasteiger partial charge in [-0.3, -0.25) is 4.79 Å². The highest BCUT2D eigenvalue weighted by molar-refractivity contribution is 7.80. The number of pyridine rings is 1. The Labute approximate surface area is 171 Å². The van der Waals surface area contributed by atoms with E-state index in [0.717, 1.165) is 34.2 Å². The number of fused-ring (bicyclic) bond motifs is 1. The van der Waals surface area contributed by atoms with Crippen molar-refractivity contribution in [3.8, 4) is 0 Å². The van der Waals surface area contributed by atoms with Gasteiger partial charge in [-0.05, 0) is 85.4 Å². The highest BCUT2D eigenvalue weighted by Gasteiger charge is 2.30. The van der Waals surface area contributed by atoms with Gasteiger partial charge < -0.3 is 15.6 Å². The maximum absolute atomic E-state index is 12.8. The van der Waals surface area contributed by atoms with Crippen LogP contribution in [-0.4, -0.2) is 16.6 Å². The summed E-state index contributed by atoms with van der Waals surface area (Å²) in [6.07, 6.45) is -4.00. The van der Waals surface area contributed by atoms with Crippen LogP contribution in [0.4, 0.5) is 18.9 Å². The van der Waals surface area contributed by atoms with Gasteiger partial charge in [0.15, 0.2) is 5.11 Å². The smallest absolute Gasteiger partial charge is 0.362 e. The molecule has 0 bridgehead atoms. The van der Waals surface area contributed by atoms with Crippen LogP contribution in [0, 0.1) is 13.8 Å². The van der Waals surface area contributed by atoms with Crippen molar-refractivity contribution in [1.29, 1.82) is 0 Å². The first-order valence-corrected chi connectivity index (χ1v) is 9.39. The molecule has 0 fully saturated rings. The third-order valence-corrected chi connectivity index (χ3v) is 4.91. The second-order valence-electron chi connectivity index (χ2n) is 6.86. The van der Waals surface area contributed by atoms with Gasteiger partial charge in [-0.2, -0.15) is 13.2 Å². The van der Waals surface area contributed by atoms with E-state index in [-0.39, 0.29) is 16.4 Å². The number of alkyl halides is 3. The monoisotopic (exact) mass is 419 g/mol. The summed E-state index contributed by atoms with van der Waals surface area (Å²) in [6, 6.07) is 10.6. The van der Waals surface area contributed by atoms with E-state index in [4.69, 9.17) is 12.2 Å². The maximum Gasteiger partial charge on any atom is 0.416 e. The zero-order chi connectivity index (χ0) is 21.2. The van der Waals surface area contributed by atoms with Crippen LogP contribution < -0.4 is 16.2 Å².